The lowest BCUT2D eigenvalue weighted by Crippen LogP contribution is -2.14. The van der Waals surface area contributed by atoms with Gasteiger partial charge >= 0.3 is 0 Å². The van der Waals surface area contributed by atoms with Gasteiger partial charge in [0.15, 0.2) is 5.84 Å². The van der Waals surface area contributed by atoms with Crippen LogP contribution in [0, 0.1) is 0 Å². The van der Waals surface area contributed by atoms with Crippen molar-refractivity contribution < 1.29 is 9.94 Å². The van der Waals surface area contributed by atoms with E-state index in [9.17, 15) is 0 Å². The molecule has 0 saturated heterocycles. The minimum Gasteiger partial charge on any atom is -0.457 e. The maximum Gasteiger partial charge on any atom is 0.173 e. The first-order valence-electron chi connectivity index (χ1n) is 6.24. The van der Waals surface area contributed by atoms with Gasteiger partial charge in [0.1, 0.15) is 11.5 Å². The maximum atomic E-state index is 8.84. The zero-order valence-corrected chi connectivity index (χ0v) is 12.5. The van der Waals surface area contributed by atoms with Crippen LogP contribution in [0.3, 0.4) is 0 Å². The van der Waals surface area contributed by atoms with E-state index in [0.717, 1.165) is 5.69 Å². The van der Waals surface area contributed by atoms with Crippen LogP contribution in [0.4, 0.5) is 5.69 Å². The summed E-state index contributed by atoms with van der Waals surface area (Å²) in [5, 5.41) is 12.3. The van der Waals surface area contributed by atoms with Crippen molar-refractivity contribution in [3.63, 3.8) is 0 Å². The van der Waals surface area contributed by atoms with Gasteiger partial charge in [-0.25, -0.2) is 0 Å². The van der Waals surface area contributed by atoms with Crippen LogP contribution in [-0.4, -0.2) is 25.1 Å². The van der Waals surface area contributed by atoms with Crippen LogP contribution >= 0.6 is 11.6 Å². The van der Waals surface area contributed by atoms with Crippen molar-refractivity contribution in [1.82, 2.24) is 0 Å². The monoisotopic (exact) mass is 305 g/mol. The van der Waals surface area contributed by atoms with Crippen LogP contribution in [0.15, 0.2) is 47.6 Å². The van der Waals surface area contributed by atoms with Gasteiger partial charge < -0.3 is 20.6 Å². The molecule has 0 unspecified atom stereocenters. The highest BCUT2D eigenvalue weighted by Gasteiger charge is 2.11. The molecular formula is C15H16ClN3O2. The van der Waals surface area contributed by atoms with Gasteiger partial charge in [-0.05, 0) is 30.3 Å². The molecule has 2 aromatic carbocycles. The first-order chi connectivity index (χ1) is 10.0. The van der Waals surface area contributed by atoms with E-state index in [2.05, 4.69) is 5.16 Å². The summed E-state index contributed by atoms with van der Waals surface area (Å²) in [4.78, 5) is 1.97. The Bertz CT molecular complexity index is 672. The topological polar surface area (TPSA) is 71.1 Å². The molecule has 0 amide bonds. The third-order valence-electron chi connectivity index (χ3n) is 2.89. The van der Waals surface area contributed by atoms with Crippen LogP contribution in [0.2, 0.25) is 5.02 Å². The Hall–Kier alpha value is -2.40. The van der Waals surface area contributed by atoms with Gasteiger partial charge in [0.05, 0.1) is 5.56 Å². The zero-order chi connectivity index (χ0) is 15.4. The highest BCUT2D eigenvalue weighted by molar-refractivity contribution is 6.31. The predicted octanol–water partition coefficient (Wildman–Crippen LogP) is 3.29. The molecule has 0 aliphatic rings. The average Bonchev–Trinajstić information content (AvgIpc) is 2.48. The Labute approximate surface area is 128 Å². The van der Waals surface area contributed by atoms with E-state index in [0.29, 0.717) is 22.1 Å². The number of nitrogens with zero attached hydrogens (tertiary/aromatic N) is 2. The lowest BCUT2D eigenvalue weighted by Gasteiger charge is -2.15. The third-order valence-corrected chi connectivity index (χ3v) is 3.12. The van der Waals surface area contributed by atoms with Crippen molar-refractivity contribution in [3.8, 4) is 11.5 Å². The summed E-state index contributed by atoms with van der Waals surface area (Å²) in [5.41, 5.74) is 7.09. The molecule has 110 valence electrons. The van der Waals surface area contributed by atoms with Gasteiger partial charge in [-0.3, -0.25) is 0 Å². The van der Waals surface area contributed by atoms with Gasteiger partial charge in [0, 0.05) is 30.9 Å². The van der Waals surface area contributed by atoms with Gasteiger partial charge in [0.25, 0.3) is 0 Å². The van der Waals surface area contributed by atoms with E-state index in [1.54, 1.807) is 18.2 Å². The number of rotatable bonds is 4. The first kappa shape index (κ1) is 15.0. The molecule has 6 heteroatoms. The molecule has 3 N–H and O–H groups in total. The number of nitrogens with two attached hydrogens (primary N) is 1. The molecule has 0 aromatic heterocycles. The maximum absolute atomic E-state index is 8.84. The largest absolute Gasteiger partial charge is 0.457 e. The fourth-order valence-electron chi connectivity index (χ4n) is 1.80. The fraction of sp³-hybridized carbons (Fsp3) is 0.133. The summed E-state index contributed by atoms with van der Waals surface area (Å²) >= 11 is 5.93. The van der Waals surface area contributed by atoms with Crippen molar-refractivity contribution in [2.24, 2.45) is 10.9 Å². The van der Waals surface area contributed by atoms with Gasteiger partial charge in [-0.2, -0.15) is 0 Å². The average molecular weight is 306 g/mol. The molecule has 0 bridgehead atoms. The number of benzene rings is 2. The predicted molar refractivity (Wildman–Crippen MR) is 84.8 cm³/mol. The molecule has 2 rings (SSSR count). The number of hydrogen-bond acceptors (Lipinski definition) is 4. The Morgan fingerprint density at radius 1 is 1.24 bits per heavy atom. The van der Waals surface area contributed by atoms with Crippen molar-refractivity contribution in [3.05, 3.63) is 53.1 Å². The van der Waals surface area contributed by atoms with Gasteiger partial charge in [-0.15, -0.1) is 0 Å². The molecule has 0 spiro atoms. The molecule has 0 atom stereocenters. The van der Waals surface area contributed by atoms with Crippen molar-refractivity contribution in [1.29, 1.82) is 0 Å². The summed E-state index contributed by atoms with van der Waals surface area (Å²) in [6.45, 7) is 0. The zero-order valence-electron chi connectivity index (χ0n) is 11.7. The van der Waals surface area contributed by atoms with Crippen LogP contribution in [-0.2, 0) is 0 Å². The number of halogens is 1. The van der Waals surface area contributed by atoms with E-state index in [1.165, 1.54) is 0 Å². The summed E-state index contributed by atoms with van der Waals surface area (Å²) in [5.74, 6) is 1.05. The molecule has 0 aliphatic heterocycles. The molecule has 0 heterocycles. The quantitative estimate of drug-likeness (QED) is 0.393. The minimum atomic E-state index is -0.0590. The molecule has 0 fully saturated rings. The molecule has 2 aromatic rings. The Morgan fingerprint density at radius 2 is 2.00 bits per heavy atom. The highest BCUT2D eigenvalue weighted by atomic mass is 35.5. The summed E-state index contributed by atoms with van der Waals surface area (Å²) in [6.07, 6.45) is 0. The van der Waals surface area contributed by atoms with E-state index in [4.69, 9.17) is 27.3 Å². The summed E-state index contributed by atoms with van der Waals surface area (Å²) in [6, 6.07) is 12.5. The van der Waals surface area contributed by atoms with E-state index < -0.39 is 0 Å². The second-order valence-electron chi connectivity index (χ2n) is 4.62. The number of anilines is 1. The molecular weight excluding hydrogens is 290 g/mol. The van der Waals surface area contributed by atoms with Crippen LogP contribution < -0.4 is 15.4 Å². The first-order valence-corrected chi connectivity index (χ1v) is 6.61. The molecule has 0 saturated carbocycles. The Morgan fingerprint density at radius 3 is 2.67 bits per heavy atom. The number of oxime groups is 1. The van der Waals surface area contributed by atoms with E-state index >= 15 is 0 Å². The minimum absolute atomic E-state index is 0.0590. The Balaban J connectivity index is 2.38. The number of hydrogen-bond donors (Lipinski definition) is 2. The second kappa shape index (κ2) is 6.37. The van der Waals surface area contributed by atoms with Crippen LogP contribution in [0.1, 0.15) is 5.56 Å². The van der Waals surface area contributed by atoms with Crippen LogP contribution in [0.25, 0.3) is 0 Å². The summed E-state index contributed by atoms with van der Waals surface area (Å²) in [7, 11) is 3.90. The standard InChI is InChI=1S/C15H16ClN3O2/c1-19(2)11-4-3-5-12(9-11)21-14-7-6-10(16)8-13(14)15(17)18-20/h3-9,20H,1-2H3,(H2,17,18). The van der Waals surface area contributed by atoms with Crippen LogP contribution in [0.5, 0.6) is 11.5 Å². The normalized spacial score (nSPS) is 11.3. The molecule has 0 radical (unpaired) electrons. The van der Waals surface area contributed by atoms with Gasteiger partial charge in [0.2, 0.25) is 0 Å². The number of ether oxygens (including phenoxy) is 1. The SMILES string of the molecule is CN(C)c1cccc(Oc2ccc(Cl)cc2C(N)=NO)c1. The number of amidine groups is 1. The van der Waals surface area contributed by atoms with E-state index in [-0.39, 0.29) is 5.84 Å². The Kier molecular flexibility index (Phi) is 4.55. The fourth-order valence-corrected chi connectivity index (χ4v) is 1.97. The van der Waals surface area contributed by atoms with Crippen molar-refractivity contribution in [2.45, 2.75) is 0 Å². The second-order valence-corrected chi connectivity index (χ2v) is 5.06. The van der Waals surface area contributed by atoms with Crippen molar-refractivity contribution >= 4 is 23.1 Å². The van der Waals surface area contributed by atoms with Gasteiger partial charge in [-0.1, -0.05) is 22.8 Å². The highest BCUT2D eigenvalue weighted by Crippen LogP contribution is 2.29. The molecule has 5 nitrogen and oxygen atoms in total. The van der Waals surface area contributed by atoms with Crippen molar-refractivity contribution in [2.75, 3.05) is 19.0 Å². The van der Waals surface area contributed by atoms with E-state index in [1.807, 2.05) is 43.3 Å². The lowest BCUT2D eigenvalue weighted by molar-refractivity contribution is 0.318. The molecule has 21 heavy (non-hydrogen) atoms. The summed E-state index contributed by atoms with van der Waals surface area (Å²) < 4.78 is 5.82. The molecule has 0 aliphatic carbocycles. The smallest absolute Gasteiger partial charge is 0.173 e. The third kappa shape index (κ3) is 3.58. The lowest BCUT2D eigenvalue weighted by atomic mass is 10.2.